The van der Waals surface area contributed by atoms with Gasteiger partial charge in [-0.1, -0.05) is 60.7 Å². The quantitative estimate of drug-likeness (QED) is 0.603. The smallest absolute Gasteiger partial charge is 0.0927 e. The first-order valence-electron chi connectivity index (χ1n) is 7.31. The van der Waals surface area contributed by atoms with E-state index in [0.29, 0.717) is 0 Å². The Kier molecular flexibility index (Phi) is 4.88. The molecule has 4 nitrogen and oxygen atoms in total. The third-order valence-corrected chi connectivity index (χ3v) is 3.22. The summed E-state index contributed by atoms with van der Waals surface area (Å²) in [6.45, 7) is 0. The van der Waals surface area contributed by atoms with Gasteiger partial charge in [-0.25, -0.2) is 0 Å². The number of benzene rings is 2. The molecule has 4 rings (SSSR count). The zero-order chi connectivity index (χ0) is 15.7. The van der Waals surface area contributed by atoms with E-state index in [9.17, 15) is 0 Å². The van der Waals surface area contributed by atoms with Crippen LogP contribution in [0.4, 0.5) is 0 Å². The van der Waals surface area contributed by atoms with Crippen LogP contribution < -0.4 is 0 Å². The summed E-state index contributed by atoms with van der Waals surface area (Å²) in [4.78, 5) is 0. The Hall–Kier alpha value is -3.27. The number of H-pyrrole nitrogens is 1. The number of aromatic nitrogens is 4. The lowest BCUT2D eigenvalue weighted by Crippen LogP contribution is -1.76. The van der Waals surface area contributed by atoms with Crippen molar-refractivity contribution in [2.75, 3.05) is 0 Å². The molecule has 0 aliphatic heterocycles. The van der Waals surface area contributed by atoms with Gasteiger partial charge in [0.05, 0.1) is 11.4 Å². The molecule has 0 aliphatic rings. The van der Waals surface area contributed by atoms with Gasteiger partial charge in [0.2, 0.25) is 0 Å². The van der Waals surface area contributed by atoms with E-state index in [4.69, 9.17) is 0 Å². The first-order valence-corrected chi connectivity index (χ1v) is 7.31. The standard InChI is InChI=1S/C15H12N2.C4H4N2/c1-3-7-12(8-4-1)14-11-15(17-16-14)13-9-5-2-6-10-13;1-2-4-6-5-3-1/h1-11H,(H,16,17);1-4H. The van der Waals surface area contributed by atoms with Crippen molar-refractivity contribution in [1.82, 2.24) is 20.4 Å². The topological polar surface area (TPSA) is 54.5 Å². The maximum atomic E-state index is 4.34. The molecule has 23 heavy (non-hydrogen) atoms. The largest absolute Gasteiger partial charge is 0.277 e. The van der Waals surface area contributed by atoms with Crippen LogP contribution in [-0.2, 0) is 0 Å². The molecular weight excluding hydrogens is 284 g/mol. The molecule has 0 bridgehead atoms. The molecule has 1 N–H and O–H groups in total. The summed E-state index contributed by atoms with van der Waals surface area (Å²) in [5, 5.41) is 14.5. The number of hydrogen-bond donors (Lipinski definition) is 1. The monoisotopic (exact) mass is 300 g/mol. The lowest BCUT2D eigenvalue weighted by molar-refractivity contribution is 1.03. The van der Waals surface area contributed by atoms with Crippen LogP contribution in [0.5, 0.6) is 0 Å². The highest BCUT2D eigenvalue weighted by molar-refractivity contribution is 5.67. The highest BCUT2D eigenvalue weighted by Gasteiger charge is 2.04. The van der Waals surface area contributed by atoms with E-state index in [0.717, 1.165) is 22.5 Å². The number of hydrogen-bond acceptors (Lipinski definition) is 3. The molecule has 0 saturated carbocycles. The average Bonchev–Trinajstić information content (AvgIpc) is 3.15. The summed E-state index contributed by atoms with van der Waals surface area (Å²) in [6.07, 6.45) is 3.28. The predicted octanol–water partition coefficient (Wildman–Crippen LogP) is 4.22. The molecule has 0 fully saturated rings. The normalized spacial score (nSPS) is 9.74. The SMILES string of the molecule is c1ccc(-c2cc(-c3ccccc3)[nH]n2)cc1.c1ccnnc1. The van der Waals surface area contributed by atoms with Crippen LogP contribution in [0.3, 0.4) is 0 Å². The molecule has 0 saturated heterocycles. The first kappa shape index (κ1) is 14.7. The first-order chi connectivity index (χ1) is 11.4. The summed E-state index contributed by atoms with van der Waals surface area (Å²) < 4.78 is 0. The lowest BCUT2D eigenvalue weighted by Gasteiger charge is -1.94. The van der Waals surface area contributed by atoms with E-state index >= 15 is 0 Å². The second kappa shape index (κ2) is 7.66. The second-order valence-electron chi connectivity index (χ2n) is 4.81. The van der Waals surface area contributed by atoms with Gasteiger partial charge in [-0.3, -0.25) is 5.10 Å². The number of aromatic amines is 1. The van der Waals surface area contributed by atoms with Crippen molar-refractivity contribution in [1.29, 1.82) is 0 Å². The number of nitrogens with one attached hydrogen (secondary N) is 1. The molecule has 4 aromatic rings. The predicted molar refractivity (Wildman–Crippen MR) is 91.5 cm³/mol. The van der Waals surface area contributed by atoms with E-state index in [2.05, 4.69) is 50.7 Å². The summed E-state index contributed by atoms with van der Waals surface area (Å²) in [5.41, 5.74) is 4.31. The van der Waals surface area contributed by atoms with Crippen LogP contribution in [0.15, 0.2) is 91.3 Å². The van der Waals surface area contributed by atoms with Crippen LogP contribution in [0, 0.1) is 0 Å². The van der Waals surface area contributed by atoms with Crippen LogP contribution in [0.2, 0.25) is 0 Å². The third-order valence-electron chi connectivity index (χ3n) is 3.22. The Balaban J connectivity index is 0.000000220. The van der Waals surface area contributed by atoms with E-state index in [-0.39, 0.29) is 0 Å². The summed E-state index contributed by atoms with van der Waals surface area (Å²) >= 11 is 0. The Morgan fingerprint density at radius 1 is 0.609 bits per heavy atom. The molecule has 0 radical (unpaired) electrons. The average molecular weight is 300 g/mol. The van der Waals surface area contributed by atoms with Crippen molar-refractivity contribution >= 4 is 0 Å². The maximum absolute atomic E-state index is 4.34. The number of nitrogens with zero attached hydrogens (tertiary/aromatic N) is 3. The Labute approximate surface area is 134 Å². The van der Waals surface area contributed by atoms with E-state index in [1.54, 1.807) is 12.4 Å². The Bertz CT molecular complexity index is 731. The van der Waals surface area contributed by atoms with Crippen LogP contribution in [0.1, 0.15) is 0 Å². The molecule has 2 aromatic carbocycles. The van der Waals surface area contributed by atoms with Crippen molar-refractivity contribution in [2.24, 2.45) is 0 Å². The Morgan fingerprint density at radius 3 is 1.70 bits per heavy atom. The van der Waals surface area contributed by atoms with Gasteiger partial charge in [0, 0.05) is 18.0 Å². The van der Waals surface area contributed by atoms with Gasteiger partial charge >= 0.3 is 0 Å². The van der Waals surface area contributed by atoms with E-state index < -0.39 is 0 Å². The fraction of sp³-hybridized carbons (Fsp3) is 0. The van der Waals surface area contributed by atoms with Crippen molar-refractivity contribution in [3.63, 3.8) is 0 Å². The van der Waals surface area contributed by atoms with Gasteiger partial charge in [-0.15, -0.1) is 0 Å². The molecule has 0 atom stereocenters. The van der Waals surface area contributed by atoms with Crippen molar-refractivity contribution in [3.8, 4) is 22.5 Å². The van der Waals surface area contributed by atoms with E-state index in [1.165, 1.54) is 0 Å². The van der Waals surface area contributed by atoms with Gasteiger partial charge in [0.25, 0.3) is 0 Å². The highest BCUT2D eigenvalue weighted by Crippen LogP contribution is 2.22. The molecule has 0 aliphatic carbocycles. The minimum atomic E-state index is 0.976. The minimum absolute atomic E-state index is 0.976. The van der Waals surface area contributed by atoms with Crippen LogP contribution in [-0.4, -0.2) is 20.4 Å². The molecule has 0 unspecified atom stereocenters. The van der Waals surface area contributed by atoms with Crippen molar-refractivity contribution in [3.05, 3.63) is 91.3 Å². The number of rotatable bonds is 2. The minimum Gasteiger partial charge on any atom is -0.277 e. The van der Waals surface area contributed by atoms with Gasteiger partial charge in [0.15, 0.2) is 0 Å². The van der Waals surface area contributed by atoms with Gasteiger partial charge in [-0.05, 0) is 23.8 Å². The third kappa shape index (κ3) is 4.11. The summed E-state index contributed by atoms with van der Waals surface area (Å²) in [5.74, 6) is 0. The van der Waals surface area contributed by atoms with Crippen LogP contribution in [0.25, 0.3) is 22.5 Å². The Morgan fingerprint density at radius 2 is 1.17 bits per heavy atom. The molecule has 0 amide bonds. The second-order valence-corrected chi connectivity index (χ2v) is 4.81. The van der Waals surface area contributed by atoms with Crippen LogP contribution >= 0.6 is 0 Å². The molecule has 0 spiro atoms. The zero-order valence-electron chi connectivity index (χ0n) is 12.5. The zero-order valence-corrected chi connectivity index (χ0v) is 12.5. The molecular formula is C19H16N4. The fourth-order valence-electron chi connectivity index (χ4n) is 2.10. The van der Waals surface area contributed by atoms with E-state index in [1.807, 2.05) is 48.5 Å². The molecule has 2 heterocycles. The fourth-order valence-corrected chi connectivity index (χ4v) is 2.10. The lowest BCUT2D eigenvalue weighted by atomic mass is 10.1. The summed E-state index contributed by atoms with van der Waals surface area (Å²) in [7, 11) is 0. The van der Waals surface area contributed by atoms with Crippen molar-refractivity contribution < 1.29 is 0 Å². The maximum Gasteiger partial charge on any atom is 0.0927 e. The molecule has 2 aromatic heterocycles. The van der Waals surface area contributed by atoms with Crippen molar-refractivity contribution in [2.45, 2.75) is 0 Å². The van der Waals surface area contributed by atoms with Gasteiger partial charge in [0.1, 0.15) is 0 Å². The highest BCUT2D eigenvalue weighted by atomic mass is 15.1. The van der Waals surface area contributed by atoms with Gasteiger partial charge in [-0.2, -0.15) is 15.3 Å². The molecule has 112 valence electrons. The molecule has 4 heteroatoms. The van der Waals surface area contributed by atoms with Gasteiger partial charge < -0.3 is 0 Å². The summed E-state index contributed by atoms with van der Waals surface area (Å²) in [6, 6.07) is 26.1.